The molecule has 0 saturated carbocycles. The molecule has 0 bridgehead atoms. The van der Waals surface area contributed by atoms with E-state index in [-0.39, 0.29) is 11.8 Å². The predicted octanol–water partition coefficient (Wildman–Crippen LogP) is 3.27. The number of carbonyl (C=O) groups excluding carboxylic acids is 2. The van der Waals surface area contributed by atoms with E-state index in [0.717, 1.165) is 18.5 Å². The van der Waals surface area contributed by atoms with Gasteiger partial charge in [0.05, 0.1) is 20.3 Å². The number of benzene rings is 2. The van der Waals surface area contributed by atoms with Crippen molar-refractivity contribution in [2.24, 2.45) is 0 Å². The summed E-state index contributed by atoms with van der Waals surface area (Å²) in [6.45, 7) is 5.52. The Morgan fingerprint density at radius 2 is 1.74 bits per heavy atom. The normalized spacial score (nSPS) is 14.2. The van der Waals surface area contributed by atoms with E-state index in [9.17, 15) is 9.59 Å². The van der Waals surface area contributed by atoms with Gasteiger partial charge in [0, 0.05) is 37.4 Å². The van der Waals surface area contributed by atoms with Gasteiger partial charge >= 0.3 is 0 Å². The standard InChI is InChI=1S/C24H31N3O4/c1-3-4-16-31-21-11-10-19(17-22(21)30-2)24(29)27-14-12-26(13-15-27)18-23(28)25-20-8-6-5-7-9-20/h5-11,17H,3-4,12-16,18H2,1-2H3,(H,25,28). The molecule has 0 aliphatic carbocycles. The van der Waals surface area contributed by atoms with Crippen LogP contribution in [0.25, 0.3) is 0 Å². The lowest BCUT2D eigenvalue weighted by molar-refractivity contribution is -0.117. The molecule has 0 aromatic heterocycles. The first-order valence-corrected chi connectivity index (χ1v) is 10.8. The molecule has 0 spiro atoms. The van der Waals surface area contributed by atoms with Crippen molar-refractivity contribution in [2.45, 2.75) is 19.8 Å². The highest BCUT2D eigenvalue weighted by Crippen LogP contribution is 2.29. The van der Waals surface area contributed by atoms with Crippen molar-refractivity contribution in [1.82, 2.24) is 9.80 Å². The molecule has 1 fully saturated rings. The van der Waals surface area contributed by atoms with Gasteiger partial charge < -0.3 is 19.7 Å². The third kappa shape index (κ3) is 6.46. The molecule has 0 radical (unpaired) electrons. The zero-order valence-corrected chi connectivity index (χ0v) is 18.3. The Kier molecular flexibility index (Phi) is 8.29. The van der Waals surface area contributed by atoms with Crippen LogP contribution in [0.15, 0.2) is 48.5 Å². The SMILES string of the molecule is CCCCOc1ccc(C(=O)N2CCN(CC(=O)Nc3ccccc3)CC2)cc1OC. The van der Waals surface area contributed by atoms with Gasteiger partial charge in [-0.1, -0.05) is 31.5 Å². The molecule has 2 aromatic rings. The second kappa shape index (κ2) is 11.4. The summed E-state index contributed by atoms with van der Waals surface area (Å²) in [6, 6.07) is 14.7. The minimum Gasteiger partial charge on any atom is -0.493 e. The second-order valence-corrected chi connectivity index (χ2v) is 7.55. The first-order valence-electron chi connectivity index (χ1n) is 10.8. The fourth-order valence-corrected chi connectivity index (χ4v) is 3.46. The van der Waals surface area contributed by atoms with Crippen LogP contribution in [-0.4, -0.2) is 68.1 Å². The molecule has 3 rings (SSSR count). The number of para-hydroxylation sites is 1. The van der Waals surface area contributed by atoms with E-state index in [4.69, 9.17) is 9.47 Å². The molecule has 1 aliphatic heterocycles. The topological polar surface area (TPSA) is 71.1 Å². The first kappa shape index (κ1) is 22.6. The van der Waals surface area contributed by atoms with Crippen LogP contribution >= 0.6 is 0 Å². The van der Waals surface area contributed by atoms with Gasteiger partial charge in [-0.25, -0.2) is 0 Å². The van der Waals surface area contributed by atoms with Crippen molar-refractivity contribution >= 4 is 17.5 Å². The van der Waals surface area contributed by atoms with E-state index >= 15 is 0 Å². The van der Waals surface area contributed by atoms with Gasteiger partial charge in [0.25, 0.3) is 5.91 Å². The van der Waals surface area contributed by atoms with Crippen LogP contribution in [-0.2, 0) is 4.79 Å². The monoisotopic (exact) mass is 425 g/mol. The summed E-state index contributed by atoms with van der Waals surface area (Å²) in [4.78, 5) is 29.1. The Bertz CT molecular complexity index is 864. The molecule has 1 saturated heterocycles. The van der Waals surface area contributed by atoms with Crippen molar-refractivity contribution in [3.8, 4) is 11.5 Å². The van der Waals surface area contributed by atoms with Crippen LogP contribution in [0.1, 0.15) is 30.1 Å². The van der Waals surface area contributed by atoms with Crippen LogP contribution in [0.5, 0.6) is 11.5 Å². The maximum Gasteiger partial charge on any atom is 0.254 e. The van der Waals surface area contributed by atoms with E-state index in [1.54, 1.807) is 25.3 Å². The first-order chi connectivity index (χ1) is 15.1. The van der Waals surface area contributed by atoms with Gasteiger partial charge in [-0.3, -0.25) is 14.5 Å². The number of hydrogen-bond acceptors (Lipinski definition) is 5. The summed E-state index contributed by atoms with van der Waals surface area (Å²) >= 11 is 0. The summed E-state index contributed by atoms with van der Waals surface area (Å²) in [5, 5.41) is 2.90. The predicted molar refractivity (Wildman–Crippen MR) is 121 cm³/mol. The molecule has 7 nitrogen and oxygen atoms in total. The largest absolute Gasteiger partial charge is 0.493 e. The highest BCUT2D eigenvalue weighted by atomic mass is 16.5. The number of anilines is 1. The number of hydrogen-bond donors (Lipinski definition) is 1. The molecule has 2 aromatic carbocycles. The molecular weight excluding hydrogens is 394 g/mol. The Labute approximate surface area is 183 Å². The maximum absolute atomic E-state index is 12.9. The third-order valence-corrected chi connectivity index (χ3v) is 5.25. The van der Waals surface area contributed by atoms with Crippen LogP contribution in [0.4, 0.5) is 5.69 Å². The minimum atomic E-state index is -0.0469. The van der Waals surface area contributed by atoms with Gasteiger partial charge in [0.15, 0.2) is 11.5 Å². The number of piperazine rings is 1. The van der Waals surface area contributed by atoms with Gasteiger partial charge in [-0.05, 0) is 36.8 Å². The van der Waals surface area contributed by atoms with E-state index in [2.05, 4.69) is 17.1 Å². The van der Waals surface area contributed by atoms with E-state index in [0.29, 0.717) is 56.4 Å². The zero-order valence-electron chi connectivity index (χ0n) is 18.3. The highest BCUT2D eigenvalue weighted by Gasteiger charge is 2.24. The summed E-state index contributed by atoms with van der Waals surface area (Å²) in [5.74, 6) is 1.14. The molecular formula is C24H31N3O4. The Balaban J connectivity index is 1.51. The number of unbranched alkanes of at least 4 members (excludes halogenated alkanes) is 1. The van der Waals surface area contributed by atoms with Gasteiger partial charge in [-0.15, -0.1) is 0 Å². The number of amides is 2. The van der Waals surface area contributed by atoms with Crippen LogP contribution < -0.4 is 14.8 Å². The molecule has 1 heterocycles. The molecule has 0 atom stereocenters. The Hall–Kier alpha value is -3.06. The average molecular weight is 426 g/mol. The molecule has 1 aliphatic rings. The van der Waals surface area contributed by atoms with Gasteiger partial charge in [0.1, 0.15) is 0 Å². The summed E-state index contributed by atoms with van der Waals surface area (Å²) in [5.41, 5.74) is 1.37. The quantitative estimate of drug-likeness (QED) is 0.625. The number of carbonyl (C=O) groups is 2. The van der Waals surface area contributed by atoms with Crippen LogP contribution in [0.2, 0.25) is 0 Å². The number of nitrogens with one attached hydrogen (secondary N) is 1. The fourth-order valence-electron chi connectivity index (χ4n) is 3.46. The molecule has 0 unspecified atom stereocenters. The van der Waals surface area contributed by atoms with Crippen LogP contribution in [0.3, 0.4) is 0 Å². The average Bonchev–Trinajstić information content (AvgIpc) is 2.80. The number of rotatable bonds is 9. The highest BCUT2D eigenvalue weighted by molar-refractivity contribution is 5.95. The third-order valence-electron chi connectivity index (χ3n) is 5.25. The number of nitrogens with zero attached hydrogens (tertiary/aromatic N) is 2. The van der Waals surface area contributed by atoms with Crippen molar-refractivity contribution in [1.29, 1.82) is 0 Å². The second-order valence-electron chi connectivity index (χ2n) is 7.55. The molecule has 1 N–H and O–H groups in total. The van der Waals surface area contributed by atoms with E-state index in [1.165, 1.54) is 0 Å². The lowest BCUT2D eigenvalue weighted by Gasteiger charge is -2.34. The molecule has 31 heavy (non-hydrogen) atoms. The maximum atomic E-state index is 12.9. The molecule has 2 amide bonds. The van der Waals surface area contributed by atoms with Crippen molar-refractivity contribution < 1.29 is 19.1 Å². The van der Waals surface area contributed by atoms with E-state index in [1.807, 2.05) is 35.2 Å². The van der Waals surface area contributed by atoms with Crippen molar-refractivity contribution in [3.05, 3.63) is 54.1 Å². The number of methoxy groups -OCH3 is 1. The summed E-state index contributed by atoms with van der Waals surface area (Å²) in [6.07, 6.45) is 2.02. The van der Waals surface area contributed by atoms with Gasteiger partial charge in [0.2, 0.25) is 5.91 Å². The van der Waals surface area contributed by atoms with Gasteiger partial charge in [-0.2, -0.15) is 0 Å². The minimum absolute atomic E-state index is 0.0354. The lowest BCUT2D eigenvalue weighted by atomic mass is 10.1. The van der Waals surface area contributed by atoms with Crippen LogP contribution in [0, 0.1) is 0 Å². The molecule has 7 heteroatoms. The van der Waals surface area contributed by atoms with Crippen molar-refractivity contribution in [3.63, 3.8) is 0 Å². The lowest BCUT2D eigenvalue weighted by Crippen LogP contribution is -2.50. The summed E-state index contributed by atoms with van der Waals surface area (Å²) < 4.78 is 11.2. The molecule has 166 valence electrons. The zero-order chi connectivity index (χ0) is 22.1. The smallest absolute Gasteiger partial charge is 0.254 e. The Morgan fingerprint density at radius 3 is 2.42 bits per heavy atom. The van der Waals surface area contributed by atoms with Crippen molar-refractivity contribution in [2.75, 3.05) is 51.8 Å². The fraction of sp³-hybridized carbons (Fsp3) is 0.417. The summed E-state index contributed by atoms with van der Waals surface area (Å²) in [7, 11) is 1.58. The number of ether oxygens (including phenoxy) is 2. The van der Waals surface area contributed by atoms with E-state index < -0.39 is 0 Å². The Morgan fingerprint density at radius 1 is 1.00 bits per heavy atom.